The second-order valence-electron chi connectivity index (χ2n) is 16.3. The monoisotopic (exact) mass is 684 g/mol. The number of rotatable bonds is 13. The summed E-state index contributed by atoms with van der Waals surface area (Å²) in [7, 11) is 0. The molecule has 1 unspecified atom stereocenters. The Kier molecular flexibility index (Phi) is 10.4. The van der Waals surface area contributed by atoms with Gasteiger partial charge in [0.25, 0.3) is 5.91 Å². The van der Waals surface area contributed by atoms with E-state index in [9.17, 15) is 28.8 Å². The van der Waals surface area contributed by atoms with Crippen molar-refractivity contribution in [3.63, 3.8) is 0 Å². The molecule has 264 valence electrons. The lowest BCUT2D eigenvalue weighted by Gasteiger charge is -2.39. The highest BCUT2D eigenvalue weighted by molar-refractivity contribution is 7.07. The average Bonchev–Trinajstić information content (AvgIpc) is 3.44. The zero-order chi connectivity index (χ0) is 35.0. The van der Waals surface area contributed by atoms with E-state index in [2.05, 4.69) is 24.5 Å². The van der Waals surface area contributed by atoms with Crippen LogP contribution in [0.1, 0.15) is 104 Å². The van der Waals surface area contributed by atoms with Crippen molar-refractivity contribution < 1.29 is 33.5 Å². The first-order chi connectivity index (χ1) is 22.5. The molecule has 0 aromatic carbocycles. The van der Waals surface area contributed by atoms with Crippen LogP contribution >= 0.6 is 11.3 Å². The van der Waals surface area contributed by atoms with Crippen molar-refractivity contribution >= 4 is 46.7 Å². The summed E-state index contributed by atoms with van der Waals surface area (Å²) in [6, 6.07) is -0.531. The lowest BCUT2D eigenvalue weighted by molar-refractivity contribution is -0.154. The van der Waals surface area contributed by atoms with Gasteiger partial charge >= 0.3 is 12.0 Å². The van der Waals surface area contributed by atoms with E-state index < -0.39 is 52.6 Å². The van der Waals surface area contributed by atoms with Crippen molar-refractivity contribution in [3.8, 4) is 0 Å². The number of likely N-dealkylation sites (tertiary alicyclic amines) is 1. The number of nitrogens with two attached hydrogens (primary N) is 1. The van der Waals surface area contributed by atoms with Gasteiger partial charge in [0.05, 0.1) is 6.04 Å². The number of amides is 4. The van der Waals surface area contributed by atoms with Crippen LogP contribution in [0.5, 0.6) is 0 Å². The number of Topliss-reactive ketones (excluding diaryl/α,β-unsaturated/α-hetero) is 2. The van der Waals surface area contributed by atoms with E-state index in [4.69, 9.17) is 10.5 Å². The maximum atomic E-state index is 14.4. The molecule has 4 aliphatic rings. The van der Waals surface area contributed by atoms with Crippen LogP contribution in [0, 0.1) is 34.5 Å². The molecule has 0 radical (unpaired) electrons. The summed E-state index contributed by atoms with van der Waals surface area (Å²) in [6.07, 6.45) is 6.60. The van der Waals surface area contributed by atoms with E-state index in [1.807, 2.05) is 37.6 Å². The summed E-state index contributed by atoms with van der Waals surface area (Å²) in [5, 5.41) is 9.61. The number of ketones is 2. The molecule has 3 saturated carbocycles. The molecule has 1 aliphatic heterocycles. The maximum absolute atomic E-state index is 14.4. The summed E-state index contributed by atoms with van der Waals surface area (Å²) >= 11 is 1.51. The largest absolute Gasteiger partial charge is 0.459 e. The first-order valence-corrected chi connectivity index (χ1v) is 18.4. The Bertz CT molecular complexity index is 1410. The van der Waals surface area contributed by atoms with Gasteiger partial charge in [-0.2, -0.15) is 11.3 Å². The average molecular weight is 685 g/mol. The Morgan fingerprint density at radius 3 is 2.31 bits per heavy atom. The number of thiophene rings is 1. The number of fused-ring (bicyclic) bond motifs is 1. The van der Waals surface area contributed by atoms with E-state index >= 15 is 0 Å². The zero-order valence-corrected chi connectivity index (χ0v) is 29.8. The Morgan fingerprint density at radius 1 is 1.06 bits per heavy atom. The third-order valence-corrected chi connectivity index (χ3v) is 12.2. The maximum Gasteiger partial charge on any atom is 0.332 e. The smallest absolute Gasteiger partial charge is 0.332 e. The van der Waals surface area contributed by atoms with E-state index in [0.717, 1.165) is 44.1 Å². The number of hydrogen-bond acceptors (Lipinski definition) is 8. The number of carbonyl (C=O) groups excluding carboxylic acids is 6. The second-order valence-corrected chi connectivity index (χ2v) is 17.0. The number of nitrogens with zero attached hydrogens (tertiary/aromatic N) is 1. The van der Waals surface area contributed by atoms with Crippen LogP contribution < -0.4 is 16.4 Å². The fraction of sp³-hybridized carbons (Fsp3) is 0.722. The van der Waals surface area contributed by atoms with E-state index in [0.29, 0.717) is 25.8 Å². The van der Waals surface area contributed by atoms with Gasteiger partial charge in [0.15, 0.2) is 5.78 Å². The van der Waals surface area contributed by atoms with E-state index in [-0.39, 0.29) is 47.9 Å². The van der Waals surface area contributed by atoms with Gasteiger partial charge in [-0.1, -0.05) is 73.1 Å². The zero-order valence-electron chi connectivity index (χ0n) is 29.0. The van der Waals surface area contributed by atoms with Crippen LogP contribution in [0.3, 0.4) is 0 Å². The molecule has 3 aliphatic carbocycles. The summed E-state index contributed by atoms with van der Waals surface area (Å²) < 4.78 is 5.67. The van der Waals surface area contributed by atoms with Gasteiger partial charge < -0.3 is 26.0 Å². The van der Waals surface area contributed by atoms with Crippen LogP contribution in [0.2, 0.25) is 0 Å². The molecule has 1 aromatic heterocycles. The van der Waals surface area contributed by atoms with Crippen LogP contribution in [-0.4, -0.2) is 64.4 Å². The molecule has 4 amide bonds. The molecule has 0 spiro atoms. The van der Waals surface area contributed by atoms with Crippen molar-refractivity contribution in [1.82, 2.24) is 15.5 Å². The minimum Gasteiger partial charge on any atom is -0.459 e. The number of piperidine rings is 1. The van der Waals surface area contributed by atoms with Gasteiger partial charge in [-0.15, -0.1) is 0 Å². The summed E-state index contributed by atoms with van der Waals surface area (Å²) in [5.74, 6) is -3.38. The van der Waals surface area contributed by atoms with Gasteiger partial charge in [-0.05, 0) is 64.7 Å². The number of urea groups is 1. The number of primary amides is 1. The molecule has 5 atom stereocenters. The molecule has 0 bridgehead atoms. The molecule has 4 fully saturated rings. The third-order valence-electron chi connectivity index (χ3n) is 11.5. The number of ether oxygens (including phenoxy) is 1. The van der Waals surface area contributed by atoms with Crippen molar-refractivity contribution in [2.75, 3.05) is 6.54 Å². The van der Waals surface area contributed by atoms with Gasteiger partial charge in [-0.25, -0.2) is 9.59 Å². The highest BCUT2D eigenvalue weighted by Crippen LogP contribution is 2.65. The molecule has 5 rings (SSSR count). The molecule has 11 nitrogen and oxygen atoms in total. The standard InChI is InChI=1S/C36H52N4O7S/c1-34(2,3)29(38-33(46)39-36(13-7-6-8-14-36)32(45)47-19-22-12-15-48-20-22)31(44)40-18-24-26(35(24,4)5)27(40)25(41)17-23(28(42)30(37)43)16-21-10-9-11-21/h12,15,20-21,23-24,26-27,29H,6-11,13-14,16-19H2,1-5H3,(H2,37,43)(H2,38,39,46)/t23?,24-,26-,27+,29+/m0/s1. The van der Waals surface area contributed by atoms with Crippen molar-refractivity contribution in [2.24, 2.45) is 40.2 Å². The fourth-order valence-corrected chi connectivity index (χ4v) is 8.91. The van der Waals surface area contributed by atoms with Crippen molar-refractivity contribution in [3.05, 3.63) is 22.4 Å². The number of hydrogen-bond donors (Lipinski definition) is 3. The highest BCUT2D eigenvalue weighted by atomic mass is 32.1. The Labute approximate surface area is 287 Å². The Balaban J connectivity index is 1.32. The SMILES string of the molecule is CC(C)(C)[C@H](NC(=O)NC1(C(=O)OCc2ccsc2)CCCCC1)C(=O)N1C[C@H]2[C@@H]([C@H]1C(=O)CC(CC1CCC1)C(=O)C(N)=O)C2(C)C. The van der Waals surface area contributed by atoms with Crippen LogP contribution in [0.15, 0.2) is 16.8 Å². The van der Waals surface area contributed by atoms with Crippen molar-refractivity contribution in [1.29, 1.82) is 0 Å². The number of esters is 1. The molecule has 1 aromatic rings. The molecule has 1 saturated heterocycles. The Hall–Kier alpha value is -3.28. The first-order valence-electron chi connectivity index (χ1n) is 17.5. The minimum atomic E-state index is -1.20. The second kappa shape index (κ2) is 13.9. The molecular weight excluding hydrogens is 632 g/mol. The van der Waals surface area contributed by atoms with Gasteiger partial charge in [0.1, 0.15) is 18.2 Å². The van der Waals surface area contributed by atoms with Gasteiger partial charge in [0.2, 0.25) is 11.7 Å². The quantitative estimate of drug-likeness (QED) is 0.203. The van der Waals surface area contributed by atoms with Crippen LogP contribution in [0.4, 0.5) is 4.79 Å². The third kappa shape index (κ3) is 7.48. The van der Waals surface area contributed by atoms with Gasteiger partial charge in [0, 0.05) is 24.4 Å². The summed E-state index contributed by atoms with van der Waals surface area (Å²) in [4.78, 5) is 81.9. The lowest BCUT2D eigenvalue weighted by atomic mass is 9.76. The normalized spacial score (nSPS) is 25.5. The molecule has 12 heteroatoms. The summed E-state index contributed by atoms with van der Waals surface area (Å²) in [6.45, 7) is 10.2. The van der Waals surface area contributed by atoms with Crippen LogP contribution in [-0.2, 0) is 35.3 Å². The van der Waals surface area contributed by atoms with Crippen LogP contribution in [0.25, 0.3) is 0 Å². The highest BCUT2D eigenvalue weighted by Gasteiger charge is 2.69. The predicted octanol–water partition coefficient (Wildman–Crippen LogP) is 4.51. The minimum absolute atomic E-state index is 0.0834. The number of carbonyl (C=O) groups is 6. The first kappa shape index (κ1) is 36.0. The number of nitrogens with one attached hydrogen (secondary N) is 2. The summed E-state index contributed by atoms with van der Waals surface area (Å²) in [5.41, 5.74) is 4.16. The molecular formula is C36H52N4O7S. The predicted molar refractivity (Wildman–Crippen MR) is 180 cm³/mol. The van der Waals surface area contributed by atoms with Crippen molar-refractivity contribution in [2.45, 2.75) is 123 Å². The van der Waals surface area contributed by atoms with E-state index in [1.54, 1.807) is 4.90 Å². The van der Waals surface area contributed by atoms with E-state index in [1.165, 1.54) is 11.3 Å². The fourth-order valence-electron chi connectivity index (χ4n) is 8.26. The Morgan fingerprint density at radius 2 is 1.75 bits per heavy atom. The van der Waals surface area contributed by atoms with Gasteiger partial charge in [-0.3, -0.25) is 19.2 Å². The molecule has 4 N–H and O–H groups in total. The lowest BCUT2D eigenvalue weighted by Crippen LogP contribution is -2.63. The molecule has 2 heterocycles. The topological polar surface area (TPSA) is 165 Å². The molecule has 48 heavy (non-hydrogen) atoms.